The van der Waals surface area contributed by atoms with Gasteiger partial charge >= 0.3 is 18.0 Å². The van der Waals surface area contributed by atoms with Crippen LogP contribution in [0.3, 0.4) is 0 Å². The van der Waals surface area contributed by atoms with Crippen molar-refractivity contribution >= 4 is 29.8 Å². The van der Waals surface area contributed by atoms with Gasteiger partial charge in [-0.3, -0.25) is 19.1 Å². The molecule has 4 fully saturated rings. The minimum absolute atomic E-state index is 0.00416. The minimum Gasteiger partial charge on any atom is -0.497 e. The van der Waals surface area contributed by atoms with Crippen LogP contribution in [-0.2, 0) is 57.8 Å². The van der Waals surface area contributed by atoms with E-state index in [9.17, 15) is 29.1 Å². The molecule has 6 rings (SSSR count). The fraction of sp³-hybridized carbons (Fsp3) is 0.776. The molecule has 13 atom stereocenters. The predicted octanol–water partition coefficient (Wildman–Crippen LogP) is 8.82. The molecule has 1 aromatic heterocycles. The minimum atomic E-state index is -1.39. The highest BCUT2D eigenvalue weighted by Crippen LogP contribution is 2.68. The molecule has 4 aliphatic carbocycles. The van der Waals surface area contributed by atoms with Crippen LogP contribution in [0.2, 0.25) is 0 Å². The van der Waals surface area contributed by atoms with Crippen molar-refractivity contribution in [1.82, 2.24) is 30.5 Å². The molecule has 0 spiro atoms. The number of rotatable bonds is 22. The lowest BCUT2D eigenvalue weighted by molar-refractivity contribution is -0.183. The number of alkyl carbamates (subject to hydrolysis) is 1. The number of amides is 3. The fourth-order valence-corrected chi connectivity index (χ4v) is 13.8. The van der Waals surface area contributed by atoms with Crippen molar-refractivity contribution in [2.24, 2.45) is 58.2 Å². The number of aromatic nitrogens is 3. The molecule has 0 aliphatic heterocycles. The predicted molar refractivity (Wildman–Crippen MR) is 284 cm³/mol. The number of hydrogen-bond donors (Lipinski definition) is 3. The maximum absolute atomic E-state index is 14.6. The van der Waals surface area contributed by atoms with E-state index in [1.54, 1.807) is 64.7 Å². The van der Waals surface area contributed by atoms with Crippen LogP contribution in [0, 0.1) is 58.2 Å². The molecule has 4 saturated carbocycles. The standard InChI is InChI=1S/C58H92N6O11/c1-15-36(4)47(59-53(69)56(9,10)64(30-38-17-20-41(71-13)21-18-38)52(68)51(35(2)3)60-54(70)75-55(6,7)8)32-63-31-40(61-62-63)33-73-34-50(67)74-42-26-27-57(11)39(28-42)19-22-43-45-24-23-44(37(5)16-25-49(66)72-14)58(45,12)48(65)29-46(43)57/h17-18,20-21,31,35-37,39,42-48,51,65H,15-16,19,22-30,32-34H2,1-14H3,(H,59,69)(H,60,70)/t36-,37+,39+,42+,43-,44+,45-,46-,47+,48-,51-,57-,58+/m0/s1. The molecule has 4 aliphatic rings. The van der Waals surface area contributed by atoms with E-state index in [4.69, 9.17) is 23.7 Å². The summed E-state index contributed by atoms with van der Waals surface area (Å²) in [5, 5.41) is 26.7. The van der Waals surface area contributed by atoms with Gasteiger partial charge in [0.05, 0.1) is 45.7 Å². The van der Waals surface area contributed by atoms with Crippen LogP contribution in [0.1, 0.15) is 165 Å². The molecular weight excluding hydrogens is 957 g/mol. The summed E-state index contributed by atoms with van der Waals surface area (Å²) in [6.07, 6.45) is 10.2. The molecule has 17 nitrogen and oxygen atoms in total. The Labute approximate surface area is 447 Å². The van der Waals surface area contributed by atoms with E-state index in [1.165, 1.54) is 12.0 Å². The summed E-state index contributed by atoms with van der Waals surface area (Å²) in [6.45, 7) is 23.6. The topological polar surface area (TPSA) is 210 Å². The van der Waals surface area contributed by atoms with Crippen molar-refractivity contribution in [3.05, 3.63) is 41.7 Å². The summed E-state index contributed by atoms with van der Waals surface area (Å²) >= 11 is 0. The number of fused-ring (bicyclic) bond motifs is 5. The van der Waals surface area contributed by atoms with Gasteiger partial charge < -0.3 is 44.3 Å². The van der Waals surface area contributed by atoms with Crippen LogP contribution in [0.5, 0.6) is 5.75 Å². The van der Waals surface area contributed by atoms with Crippen molar-refractivity contribution in [1.29, 1.82) is 0 Å². The Morgan fingerprint density at radius 1 is 0.907 bits per heavy atom. The summed E-state index contributed by atoms with van der Waals surface area (Å²) < 4.78 is 29.4. The van der Waals surface area contributed by atoms with Gasteiger partial charge in [-0.25, -0.2) is 9.59 Å². The van der Waals surface area contributed by atoms with Crippen LogP contribution in [-0.4, -0.2) is 111 Å². The molecule has 3 N–H and O–H groups in total. The number of carbonyl (C=O) groups is 5. The molecule has 17 heteroatoms. The van der Waals surface area contributed by atoms with Gasteiger partial charge in [0.15, 0.2) is 0 Å². The smallest absolute Gasteiger partial charge is 0.408 e. The first-order chi connectivity index (χ1) is 35.2. The second-order valence-electron chi connectivity index (χ2n) is 25.0. The quantitative estimate of drug-likeness (QED) is 0.0745. The SMILES string of the molecule is CC[C@H](C)[C@@H](Cn1cc(COCC(=O)O[C@@H]2CC[C@@]3(C)[C@H](CC[C@@H]4[C@@H]3C[C@H](O)[C@]3(C)[C@@H]([C@H](C)CCC(=O)OC)CC[C@@H]43)C2)nn1)NC(=O)C(C)(C)N(Cc1ccc(OC)cc1)C(=O)[C@@H](NC(=O)OC(C)(C)C)C(C)C. The number of esters is 2. The van der Waals surface area contributed by atoms with E-state index in [1.807, 2.05) is 39.8 Å². The number of methoxy groups -OCH3 is 2. The normalized spacial score (nSPS) is 28.1. The van der Waals surface area contributed by atoms with Gasteiger partial charge in [-0.15, -0.1) is 5.10 Å². The molecule has 2 aromatic rings. The molecule has 1 heterocycles. The van der Waals surface area contributed by atoms with Crippen molar-refractivity contribution in [2.45, 2.75) is 209 Å². The maximum atomic E-state index is 14.6. The third kappa shape index (κ3) is 13.9. The van der Waals surface area contributed by atoms with Gasteiger partial charge in [0.25, 0.3) is 0 Å². The van der Waals surface area contributed by atoms with Crippen LogP contribution >= 0.6 is 0 Å². The Morgan fingerprint density at radius 3 is 2.25 bits per heavy atom. The van der Waals surface area contributed by atoms with Gasteiger partial charge in [-0.1, -0.05) is 72.2 Å². The van der Waals surface area contributed by atoms with Crippen LogP contribution < -0.4 is 15.4 Å². The number of nitrogens with one attached hydrogen (secondary N) is 2. The van der Waals surface area contributed by atoms with E-state index >= 15 is 0 Å². The Kier molecular flexibility index (Phi) is 19.6. The van der Waals surface area contributed by atoms with Gasteiger partial charge in [-0.2, -0.15) is 0 Å². The fourth-order valence-electron chi connectivity index (χ4n) is 13.8. The first-order valence-electron chi connectivity index (χ1n) is 27.9. The highest BCUT2D eigenvalue weighted by atomic mass is 16.6. The first-order valence-corrected chi connectivity index (χ1v) is 27.9. The summed E-state index contributed by atoms with van der Waals surface area (Å²) in [5.74, 6) is 1.53. The van der Waals surface area contributed by atoms with Crippen molar-refractivity contribution in [3.8, 4) is 5.75 Å². The van der Waals surface area contributed by atoms with Gasteiger partial charge in [0.1, 0.15) is 41.3 Å². The highest BCUT2D eigenvalue weighted by molar-refractivity contribution is 5.94. The maximum Gasteiger partial charge on any atom is 0.408 e. The lowest BCUT2D eigenvalue weighted by Crippen LogP contribution is -2.63. The molecule has 0 radical (unpaired) electrons. The third-order valence-electron chi connectivity index (χ3n) is 18.5. The first kappa shape index (κ1) is 59.5. The second kappa shape index (κ2) is 24.7. The van der Waals surface area contributed by atoms with E-state index in [0.717, 1.165) is 69.8 Å². The molecule has 420 valence electrons. The summed E-state index contributed by atoms with van der Waals surface area (Å²) in [4.78, 5) is 69.0. The zero-order chi connectivity index (χ0) is 55.2. The Morgan fingerprint density at radius 2 is 1.61 bits per heavy atom. The lowest BCUT2D eigenvalue weighted by atomic mass is 9.43. The monoisotopic (exact) mass is 1050 g/mol. The number of ether oxygens (including phenoxy) is 5. The third-order valence-corrected chi connectivity index (χ3v) is 18.5. The van der Waals surface area contributed by atoms with Gasteiger partial charge in [0.2, 0.25) is 11.8 Å². The molecule has 0 bridgehead atoms. The van der Waals surface area contributed by atoms with Crippen LogP contribution in [0.4, 0.5) is 4.79 Å². The number of aliphatic hydroxyl groups excluding tert-OH is 1. The van der Waals surface area contributed by atoms with E-state index in [2.05, 4.69) is 41.7 Å². The number of nitrogens with zero attached hydrogens (tertiary/aromatic N) is 4. The van der Waals surface area contributed by atoms with Crippen molar-refractivity contribution in [2.75, 3.05) is 20.8 Å². The molecule has 3 amide bonds. The van der Waals surface area contributed by atoms with Crippen LogP contribution in [0.25, 0.3) is 0 Å². The lowest BCUT2D eigenvalue weighted by Gasteiger charge is -2.62. The Bertz CT molecular complexity index is 2260. The Balaban J connectivity index is 1.02. The van der Waals surface area contributed by atoms with E-state index in [-0.39, 0.29) is 73.1 Å². The number of hydrogen-bond acceptors (Lipinski definition) is 13. The van der Waals surface area contributed by atoms with Crippen molar-refractivity contribution in [3.63, 3.8) is 0 Å². The largest absolute Gasteiger partial charge is 0.497 e. The molecule has 75 heavy (non-hydrogen) atoms. The summed E-state index contributed by atoms with van der Waals surface area (Å²) in [6, 6.07) is 5.88. The van der Waals surface area contributed by atoms with E-state index in [0.29, 0.717) is 53.4 Å². The summed E-state index contributed by atoms with van der Waals surface area (Å²) in [5.41, 5.74) is -0.963. The number of benzene rings is 1. The average Bonchev–Trinajstić information content (AvgIpc) is 3.97. The molecule has 0 unspecified atom stereocenters. The Hall–Kier alpha value is -4.77. The number of carbonyl (C=O) groups excluding carboxylic acids is 5. The molecule has 1 aromatic carbocycles. The molecular formula is C58H92N6O11. The zero-order valence-corrected chi connectivity index (χ0v) is 47.7. The highest BCUT2D eigenvalue weighted by Gasteiger charge is 2.64. The number of aliphatic hydroxyl groups is 1. The van der Waals surface area contributed by atoms with Gasteiger partial charge in [-0.05, 0) is 168 Å². The molecule has 0 saturated heterocycles. The zero-order valence-electron chi connectivity index (χ0n) is 47.7. The van der Waals surface area contributed by atoms with Gasteiger partial charge in [0, 0.05) is 13.0 Å². The second-order valence-corrected chi connectivity index (χ2v) is 25.0. The van der Waals surface area contributed by atoms with Crippen molar-refractivity contribution < 1.29 is 52.8 Å². The van der Waals surface area contributed by atoms with E-state index < -0.39 is 41.2 Å². The average molecular weight is 1050 g/mol. The summed E-state index contributed by atoms with van der Waals surface area (Å²) in [7, 11) is 3.02. The van der Waals surface area contributed by atoms with Crippen LogP contribution in [0.15, 0.2) is 30.5 Å².